The molecule has 3 rings (SSSR count). The van der Waals surface area contributed by atoms with E-state index in [-0.39, 0.29) is 17.6 Å². The topological polar surface area (TPSA) is 38.0 Å². The van der Waals surface area contributed by atoms with Gasteiger partial charge in [0, 0.05) is 29.8 Å². The van der Waals surface area contributed by atoms with Crippen LogP contribution in [0.4, 0.5) is 0 Å². The van der Waals surface area contributed by atoms with Gasteiger partial charge in [-0.2, -0.15) is 0 Å². The molecule has 1 N–H and O–H groups in total. The van der Waals surface area contributed by atoms with Gasteiger partial charge in [-0.1, -0.05) is 19.9 Å². The SMILES string of the molecule is CC(c1cccnc1)n1ccc2c1CC(C)(C)CC2O. The molecule has 3 nitrogen and oxygen atoms in total. The molecule has 0 amide bonds. The van der Waals surface area contributed by atoms with E-state index in [0.29, 0.717) is 0 Å². The number of nitrogens with zero attached hydrogens (tertiary/aromatic N) is 2. The number of aliphatic hydroxyl groups is 1. The van der Waals surface area contributed by atoms with Crippen LogP contribution in [0, 0.1) is 5.41 Å². The van der Waals surface area contributed by atoms with Crippen LogP contribution in [0.1, 0.15) is 56.2 Å². The first kappa shape index (κ1) is 13.4. The Morgan fingerprint density at radius 3 is 2.90 bits per heavy atom. The third kappa shape index (κ3) is 2.27. The molecule has 0 saturated carbocycles. The molecule has 2 aromatic heterocycles. The van der Waals surface area contributed by atoms with Gasteiger partial charge >= 0.3 is 0 Å². The largest absolute Gasteiger partial charge is 0.388 e. The fourth-order valence-electron chi connectivity index (χ4n) is 3.30. The summed E-state index contributed by atoms with van der Waals surface area (Å²) in [6, 6.07) is 6.39. The first-order valence-corrected chi connectivity index (χ1v) is 7.25. The monoisotopic (exact) mass is 270 g/mol. The van der Waals surface area contributed by atoms with Crippen molar-refractivity contribution in [2.45, 2.75) is 45.8 Å². The summed E-state index contributed by atoms with van der Waals surface area (Å²) in [5.74, 6) is 0. The lowest BCUT2D eigenvalue weighted by Crippen LogP contribution is -2.27. The molecule has 2 heterocycles. The molecule has 0 radical (unpaired) electrons. The van der Waals surface area contributed by atoms with Gasteiger partial charge in [0.15, 0.2) is 0 Å². The van der Waals surface area contributed by atoms with Crippen LogP contribution in [0.5, 0.6) is 0 Å². The molecule has 0 spiro atoms. The summed E-state index contributed by atoms with van der Waals surface area (Å²) in [6.07, 6.45) is 7.33. The average Bonchev–Trinajstić information content (AvgIpc) is 2.81. The second-order valence-electron chi connectivity index (χ2n) is 6.65. The zero-order valence-corrected chi connectivity index (χ0v) is 12.4. The smallest absolute Gasteiger partial charge is 0.0812 e. The summed E-state index contributed by atoms with van der Waals surface area (Å²) >= 11 is 0. The molecule has 1 aliphatic carbocycles. The van der Waals surface area contributed by atoms with E-state index in [4.69, 9.17) is 0 Å². The summed E-state index contributed by atoms with van der Waals surface area (Å²) in [6.45, 7) is 6.64. The van der Waals surface area contributed by atoms with Gasteiger partial charge < -0.3 is 9.67 Å². The van der Waals surface area contributed by atoms with Gasteiger partial charge in [-0.3, -0.25) is 4.98 Å². The lowest BCUT2D eigenvalue weighted by molar-refractivity contribution is 0.0978. The van der Waals surface area contributed by atoms with E-state index in [2.05, 4.69) is 48.7 Å². The van der Waals surface area contributed by atoms with Crippen molar-refractivity contribution >= 4 is 0 Å². The Labute approximate surface area is 120 Å². The van der Waals surface area contributed by atoms with Crippen molar-refractivity contribution in [3.05, 3.63) is 53.6 Å². The molecule has 2 atom stereocenters. The number of fused-ring (bicyclic) bond motifs is 1. The summed E-state index contributed by atoms with van der Waals surface area (Å²) in [7, 11) is 0. The van der Waals surface area contributed by atoms with E-state index in [9.17, 15) is 5.11 Å². The lowest BCUT2D eigenvalue weighted by Gasteiger charge is -2.34. The van der Waals surface area contributed by atoms with Crippen LogP contribution in [0.15, 0.2) is 36.8 Å². The molecular weight excluding hydrogens is 248 g/mol. The first-order valence-electron chi connectivity index (χ1n) is 7.25. The summed E-state index contributed by atoms with van der Waals surface area (Å²) < 4.78 is 2.29. The maximum Gasteiger partial charge on any atom is 0.0812 e. The zero-order valence-electron chi connectivity index (χ0n) is 12.4. The highest BCUT2D eigenvalue weighted by Gasteiger charge is 2.33. The van der Waals surface area contributed by atoms with Gasteiger partial charge in [0.05, 0.1) is 12.1 Å². The Balaban J connectivity index is 2.01. The van der Waals surface area contributed by atoms with Crippen LogP contribution >= 0.6 is 0 Å². The van der Waals surface area contributed by atoms with Crippen molar-refractivity contribution in [2.24, 2.45) is 5.41 Å². The van der Waals surface area contributed by atoms with Crippen molar-refractivity contribution in [1.82, 2.24) is 9.55 Å². The van der Waals surface area contributed by atoms with Gasteiger partial charge in [0.25, 0.3) is 0 Å². The van der Waals surface area contributed by atoms with E-state index in [1.807, 2.05) is 12.3 Å². The molecule has 106 valence electrons. The molecule has 3 heteroatoms. The fourth-order valence-corrected chi connectivity index (χ4v) is 3.30. The Kier molecular flexibility index (Phi) is 3.17. The summed E-state index contributed by atoms with van der Waals surface area (Å²) in [5, 5.41) is 10.3. The molecule has 0 aromatic carbocycles. The minimum Gasteiger partial charge on any atom is -0.388 e. The van der Waals surface area contributed by atoms with Gasteiger partial charge in [-0.15, -0.1) is 0 Å². The minimum absolute atomic E-state index is 0.150. The third-order valence-electron chi connectivity index (χ3n) is 4.39. The Bertz CT molecular complexity index is 601. The molecule has 0 fully saturated rings. The zero-order chi connectivity index (χ0) is 14.3. The predicted octanol–water partition coefficient (Wildman–Crippen LogP) is 3.50. The highest BCUT2D eigenvalue weighted by Crippen LogP contribution is 2.42. The molecule has 0 saturated heterocycles. The first-order chi connectivity index (χ1) is 9.48. The summed E-state index contributed by atoms with van der Waals surface area (Å²) in [5.41, 5.74) is 3.71. The number of aliphatic hydroxyl groups excluding tert-OH is 1. The minimum atomic E-state index is -0.337. The number of rotatable bonds is 2. The molecule has 2 unspecified atom stereocenters. The lowest BCUT2D eigenvalue weighted by atomic mass is 9.75. The van der Waals surface area contributed by atoms with Gasteiger partial charge in [0.2, 0.25) is 0 Å². The highest BCUT2D eigenvalue weighted by atomic mass is 16.3. The van der Waals surface area contributed by atoms with Gasteiger partial charge in [-0.05, 0) is 42.9 Å². The summed E-state index contributed by atoms with van der Waals surface area (Å²) in [4.78, 5) is 4.21. The van der Waals surface area contributed by atoms with Crippen molar-refractivity contribution in [2.75, 3.05) is 0 Å². The number of aromatic nitrogens is 2. The molecule has 2 aromatic rings. The van der Waals surface area contributed by atoms with E-state index in [0.717, 1.165) is 18.4 Å². The van der Waals surface area contributed by atoms with E-state index in [1.165, 1.54) is 11.3 Å². The quantitative estimate of drug-likeness (QED) is 0.907. The molecule has 20 heavy (non-hydrogen) atoms. The van der Waals surface area contributed by atoms with Crippen molar-refractivity contribution < 1.29 is 5.11 Å². The van der Waals surface area contributed by atoms with E-state index >= 15 is 0 Å². The van der Waals surface area contributed by atoms with Gasteiger partial charge in [0.1, 0.15) is 0 Å². The van der Waals surface area contributed by atoms with Crippen LogP contribution in [0.3, 0.4) is 0 Å². The number of hydrogen-bond donors (Lipinski definition) is 1. The normalized spacial score (nSPS) is 22.3. The second-order valence-corrected chi connectivity index (χ2v) is 6.65. The van der Waals surface area contributed by atoms with Crippen molar-refractivity contribution in [1.29, 1.82) is 0 Å². The number of pyridine rings is 1. The average molecular weight is 270 g/mol. The Morgan fingerprint density at radius 1 is 1.40 bits per heavy atom. The van der Waals surface area contributed by atoms with Crippen LogP contribution < -0.4 is 0 Å². The van der Waals surface area contributed by atoms with Gasteiger partial charge in [-0.25, -0.2) is 0 Å². The van der Waals surface area contributed by atoms with Crippen molar-refractivity contribution in [3.63, 3.8) is 0 Å². The third-order valence-corrected chi connectivity index (χ3v) is 4.39. The molecular formula is C17H22N2O. The molecule has 1 aliphatic rings. The molecule has 0 aliphatic heterocycles. The second kappa shape index (κ2) is 4.74. The fraction of sp³-hybridized carbons (Fsp3) is 0.471. The van der Waals surface area contributed by atoms with E-state index < -0.39 is 0 Å². The Morgan fingerprint density at radius 2 is 2.20 bits per heavy atom. The maximum absolute atomic E-state index is 10.3. The van der Waals surface area contributed by atoms with Crippen molar-refractivity contribution in [3.8, 4) is 0 Å². The predicted molar refractivity (Wildman–Crippen MR) is 79.5 cm³/mol. The standard InChI is InChI=1S/C17H22N2O/c1-12(13-5-4-7-18-11-13)19-8-6-14-15(19)9-17(2,3)10-16(14)20/h4-8,11-12,16,20H,9-10H2,1-3H3. The van der Waals surface area contributed by atoms with Crippen LogP contribution in [0.2, 0.25) is 0 Å². The Hall–Kier alpha value is -1.61. The van der Waals surface area contributed by atoms with Crippen LogP contribution in [0.25, 0.3) is 0 Å². The van der Waals surface area contributed by atoms with Crippen LogP contribution in [-0.4, -0.2) is 14.7 Å². The highest BCUT2D eigenvalue weighted by molar-refractivity contribution is 5.31. The molecule has 0 bridgehead atoms. The maximum atomic E-state index is 10.3. The number of hydrogen-bond acceptors (Lipinski definition) is 2. The van der Waals surface area contributed by atoms with Crippen LogP contribution in [-0.2, 0) is 6.42 Å². The van der Waals surface area contributed by atoms with E-state index in [1.54, 1.807) is 6.20 Å².